The second-order valence-electron chi connectivity index (χ2n) is 6.59. The average Bonchev–Trinajstić information content (AvgIpc) is 2.96. The highest BCUT2D eigenvalue weighted by molar-refractivity contribution is 7.18. The van der Waals surface area contributed by atoms with Gasteiger partial charge in [-0.1, -0.05) is 19.3 Å². The van der Waals surface area contributed by atoms with Gasteiger partial charge in [0.15, 0.2) is 0 Å². The molecule has 4 rings (SSSR count). The molecule has 0 N–H and O–H groups in total. The van der Waals surface area contributed by atoms with Gasteiger partial charge in [0, 0.05) is 37.1 Å². The van der Waals surface area contributed by atoms with Gasteiger partial charge >= 0.3 is 0 Å². The van der Waals surface area contributed by atoms with Gasteiger partial charge in [-0.25, -0.2) is 9.97 Å². The molecule has 1 aliphatic carbocycles. The van der Waals surface area contributed by atoms with E-state index in [4.69, 9.17) is 0 Å². The second-order valence-corrected chi connectivity index (χ2v) is 7.82. The van der Waals surface area contributed by atoms with Gasteiger partial charge < -0.3 is 4.90 Å². The Morgan fingerprint density at radius 3 is 2.59 bits per heavy atom. The molecule has 1 aliphatic heterocycles. The second kappa shape index (κ2) is 6.13. The van der Waals surface area contributed by atoms with Gasteiger partial charge in [-0.05, 0) is 25.8 Å². The predicted octanol–water partition coefficient (Wildman–Crippen LogP) is 3.45. The molecule has 0 spiro atoms. The van der Waals surface area contributed by atoms with Crippen molar-refractivity contribution in [3.8, 4) is 0 Å². The maximum absolute atomic E-state index is 4.58. The van der Waals surface area contributed by atoms with Crippen LogP contribution in [0.15, 0.2) is 12.4 Å². The molecule has 1 saturated carbocycles. The molecule has 0 aromatic carbocycles. The van der Waals surface area contributed by atoms with E-state index in [0.29, 0.717) is 0 Å². The summed E-state index contributed by atoms with van der Waals surface area (Å²) in [4.78, 5) is 16.6. The van der Waals surface area contributed by atoms with Gasteiger partial charge in [-0.15, -0.1) is 11.3 Å². The first kappa shape index (κ1) is 14.4. The Labute approximate surface area is 136 Å². The molecular formula is C17H24N4S. The zero-order valence-corrected chi connectivity index (χ0v) is 14.1. The Kier molecular flexibility index (Phi) is 4.01. The van der Waals surface area contributed by atoms with Crippen molar-refractivity contribution in [2.24, 2.45) is 0 Å². The third kappa shape index (κ3) is 2.72. The topological polar surface area (TPSA) is 32.3 Å². The van der Waals surface area contributed by atoms with Gasteiger partial charge in [-0.3, -0.25) is 4.90 Å². The zero-order valence-electron chi connectivity index (χ0n) is 13.3. The lowest BCUT2D eigenvalue weighted by Gasteiger charge is -2.41. The lowest BCUT2D eigenvalue weighted by molar-refractivity contribution is 0.148. The standard InChI is InChI=1S/C17H24N4S/c1-13-11-15-16(18-12-19-17(15)22-13)21-9-7-20(8-10-21)14-5-3-2-4-6-14/h11-12,14H,2-10H2,1H3. The van der Waals surface area contributed by atoms with E-state index in [9.17, 15) is 0 Å². The van der Waals surface area contributed by atoms with E-state index in [0.717, 1.165) is 29.8 Å². The van der Waals surface area contributed by atoms with Crippen LogP contribution in [0.25, 0.3) is 10.2 Å². The van der Waals surface area contributed by atoms with Crippen molar-refractivity contribution in [2.45, 2.75) is 45.1 Å². The summed E-state index contributed by atoms with van der Waals surface area (Å²) in [6.45, 7) is 6.70. The Morgan fingerprint density at radius 1 is 1.05 bits per heavy atom. The van der Waals surface area contributed by atoms with Crippen LogP contribution < -0.4 is 4.90 Å². The first-order valence-corrected chi connectivity index (χ1v) is 9.33. The monoisotopic (exact) mass is 316 g/mol. The van der Waals surface area contributed by atoms with Crippen LogP contribution in [-0.4, -0.2) is 47.1 Å². The van der Waals surface area contributed by atoms with Gasteiger partial charge in [0.25, 0.3) is 0 Å². The highest BCUT2D eigenvalue weighted by atomic mass is 32.1. The summed E-state index contributed by atoms with van der Waals surface area (Å²) in [6, 6.07) is 3.08. The Morgan fingerprint density at radius 2 is 1.82 bits per heavy atom. The fourth-order valence-corrected chi connectivity index (χ4v) is 4.80. The fourth-order valence-electron chi connectivity index (χ4n) is 3.96. The van der Waals surface area contributed by atoms with Crippen molar-refractivity contribution in [2.75, 3.05) is 31.1 Å². The highest BCUT2D eigenvalue weighted by Crippen LogP contribution is 2.31. The number of piperazine rings is 1. The van der Waals surface area contributed by atoms with Crippen LogP contribution in [0.4, 0.5) is 5.82 Å². The lowest BCUT2D eigenvalue weighted by Crippen LogP contribution is -2.51. The van der Waals surface area contributed by atoms with Crippen LogP contribution in [0.2, 0.25) is 0 Å². The molecule has 2 aromatic heterocycles. The Bertz CT molecular complexity index is 639. The largest absolute Gasteiger partial charge is 0.353 e. The zero-order chi connectivity index (χ0) is 14.9. The van der Waals surface area contributed by atoms with E-state index in [1.165, 1.54) is 55.5 Å². The Hall–Kier alpha value is -1.20. The summed E-state index contributed by atoms with van der Waals surface area (Å²) in [5.74, 6) is 1.14. The van der Waals surface area contributed by atoms with Crippen molar-refractivity contribution in [3.63, 3.8) is 0 Å². The van der Waals surface area contributed by atoms with Crippen molar-refractivity contribution < 1.29 is 0 Å². The molecule has 0 radical (unpaired) electrons. The normalized spacial score (nSPS) is 21.6. The number of thiophene rings is 1. The number of anilines is 1. The van der Waals surface area contributed by atoms with Gasteiger partial charge in [0.1, 0.15) is 17.0 Å². The van der Waals surface area contributed by atoms with E-state index < -0.39 is 0 Å². The van der Waals surface area contributed by atoms with E-state index in [1.807, 2.05) is 0 Å². The van der Waals surface area contributed by atoms with Crippen LogP contribution >= 0.6 is 11.3 Å². The SMILES string of the molecule is Cc1cc2c(N3CCN(C4CCCCC4)CC3)ncnc2s1. The number of aromatic nitrogens is 2. The molecule has 2 aliphatic rings. The number of hydrogen-bond acceptors (Lipinski definition) is 5. The molecule has 0 unspecified atom stereocenters. The molecule has 3 heterocycles. The molecule has 118 valence electrons. The van der Waals surface area contributed by atoms with Gasteiger partial charge in [0.05, 0.1) is 5.39 Å². The molecule has 0 amide bonds. The van der Waals surface area contributed by atoms with Crippen LogP contribution in [0, 0.1) is 6.92 Å². The molecule has 5 heteroatoms. The molecule has 0 atom stereocenters. The molecule has 0 bridgehead atoms. The number of nitrogens with zero attached hydrogens (tertiary/aromatic N) is 4. The smallest absolute Gasteiger partial charge is 0.140 e. The Balaban J connectivity index is 1.48. The summed E-state index contributed by atoms with van der Waals surface area (Å²) >= 11 is 1.77. The minimum Gasteiger partial charge on any atom is -0.353 e. The molecular weight excluding hydrogens is 292 g/mol. The van der Waals surface area contributed by atoms with Crippen molar-refractivity contribution in [1.82, 2.24) is 14.9 Å². The summed E-state index contributed by atoms with van der Waals surface area (Å²) in [5, 5.41) is 1.23. The van der Waals surface area contributed by atoms with Crippen LogP contribution in [0.1, 0.15) is 37.0 Å². The van der Waals surface area contributed by atoms with E-state index >= 15 is 0 Å². The van der Waals surface area contributed by atoms with Crippen LogP contribution in [0.5, 0.6) is 0 Å². The molecule has 22 heavy (non-hydrogen) atoms. The van der Waals surface area contributed by atoms with Crippen LogP contribution in [-0.2, 0) is 0 Å². The molecule has 1 saturated heterocycles. The van der Waals surface area contributed by atoms with Crippen molar-refractivity contribution in [3.05, 3.63) is 17.3 Å². The highest BCUT2D eigenvalue weighted by Gasteiger charge is 2.26. The van der Waals surface area contributed by atoms with E-state index in [1.54, 1.807) is 17.7 Å². The maximum Gasteiger partial charge on any atom is 0.140 e. The predicted molar refractivity (Wildman–Crippen MR) is 92.8 cm³/mol. The fraction of sp³-hybridized carbons (Fsp3) is 0.647. The quantitative estimate of drug-likeness (QED) is 0.849. The lowest BCUT2D eigenvalue weighted by atomic mass is 9.94. The molecule has 2 fully saturated rings. The first-order chi connectivity index (χ1) is 10.8. The third-order valence-electron chi connectivity index (χ3n) is 5.14. The summed E-state index contributed by atoms with van der Waals surface area (Å²) in [5.41, 5.74) is 0. The van der Waals surface area contributed by atoms with Crippen LogP contribution in [0.3, 0.4) is 0 Å². The number of aryl methyl sites for hydroxylation is 1. The van der Waals surface area contributed by atoms with E-state index in [2.05, 4.69) is 32.8 Å². The van der Waals surface area contributed by atoms with Crippen molar-refractivity contribution in [1.29, 1.82) is 0 Å². The minimum absolute atomic E-state index is 0.838. The summed E-state index contributed by atoms with van der Waals surface area (Å²) in [7, 11) is 0. The third-order valence-corrected chi connectivity index (χ3v) is 6.09. The molecule has 4 nitrogen and oxygen atoms in total. The number of fused-ring (bicyclic) bond motifs is 1. The minimum atomic E-state index is 0.838. The molecule has 2 aromatic rings. The van der Waals surface area contributed by atoms with Gasteiger partial charge in [-0.2, -0.15) is 0 Å². The summed E-state index contributed by atoms with van der Waals surface area (Å²) in [6.07, 6.45) is 8.81. The first-order valence-electron chi connectivity index (χ1n) is 8.51. The van der Waals surface area contributed by atoms with Gasteiger partial charge in [0.2, 0.25) is 0 Å². The number of hydrogen-bond donors (Lipinski definition) is 0. The maximum atomic E-state index is 4.58. The average molecular weight is 316 g/mol. The number of rotatable bonds is 2. The summed E-state index contributed by atoms with van der Waals surface area (Å²) < 4.78 is 0. The van der Waals surface area contributed by atoms with E-state index in [-0.39, 0.29) is 0 Å². The van der Waals surface area contributed by atoms with Crippen molar-refractivity contribution >= 4 is 27.4 Å².